The van der Waals surface area contributed by atoms with Crippen LogP contribution in [-0.2, 0) is 0 Å². The number of aryl methyl sites for hydroxylation is 1. The van der Waals surface area contributed by atoms with E-state index in [1.165, 1.54) is 18.2 Å². The highest BCUT2D eigenvalue weighted by Crippen LogP contribution is 2.34. The molecule has 0 bridgehead atoms. The number of hydrogen-bond donors (Lipinski definition) is 2. The first-order valence-corrected chi connectivity index (χ1v) is 6.20. The normalized spacial score (nSPS) is 10.2. The van der Waals surface area contributed by atoms with E-state index < -0.39 is 4.92 Å². The van der Waals surface area contributed by atoms with E-state index in [0.29, 0.717) is 5.69 Å². The van der Waals surface area contributed by atoms with Crippen molar-refractivity contribution in [2.45, 2.75) is 6.92 Å². The van der Waals surface area contributed by atoms with E-state index in [9.17, 15) is 10.1 Å². The van der Waals surface area contributed by atoms with Crippen LogP contribution in [-0.4, -0.2) is 15.7 Å². The molecular formula is C13H11ClN4O3. The molecule has 1 aromatic carbocycles. The predicted octanol–water partition coefficient (Wildman–Crippen LogP) is 3.03. The number of nitrogens with zero attached hydrogens (tertiary/aromatic N) is 2. The van der Waals surface area contributed by atoms with Gasteiger partial charge in [-0.3, -0.25) is 15.5 Å². The fourth-order valence-corrected chi connectivity index (χ4v) is 1.80. The smallest absolute Gasteiger partial charge is 0.311 e. The van der Waals surface area contributed by atoms with Gasteiger partial charge in [0.15, 0.2) is 0 Å². The van der Waals surface area contributed by atoms with Crippen LogP contribution in [0.1, 0.15) is 11.3 Å². The number of rotatable bonds is 4. The summed E-state index contributed by atoms with van der Waals surface area (Å²) in [4.78, 5) is 14.5. The maximum absolute atomic E-state index is 11.0. The topological polar surface area (TPSA) is 115 Å². The van der Waals surface area contributed by atoms with Gasteiger partial charge < -0.3 is 10.5 Å². The minimum atomic E-state index is -0.588. The first-order valence-electron chi connectivity index (χ1n) is 5.82. The molecule has 0 atom stereocenters. The van der Waals surface area contributed by atoms with Gasteiger partial charge >= 0.3 is 5.69 Å². The maximum atomic E-state index is 11.0. The van der Waals surface area contributed by atoms with Crippen LogP contribution in [0.5, 0.6) is 11.6 Å². The zero-order valence-corrected chi connectivity index (χ0v) is 11.7. The molecule has 0 unspecified atom stereocenters. The number of hydrogen-bond acceptors (Lipinski definition) is 5. The van der Waals surface area contributed by atoms with E-state index >= 15 is 0 Å². The van der Waals surface area contributed by atoms with Crippen molar-refractivity contribution < 1.29 is 9.66 Å². The minimum absolute atomic E-state index is 0.0212. The molecular weight excluding hydrogens is 296 g/mol. The van der Waals surface area contributed by atoms with Crippen LogP contribution < -0.4 is 10.5 Å². The van der Waals surface area contributed by atoms with E-state index in [2.05, 4.69) is 4.98 Å². The van der Waals surface area contributed by atoms with E-state index in [4.69, 9.17) is 27.5 Å². The van der Waals surface area contributed by atoms with E-state index in [-0.39, 0.29) is 33.7 Å². The van der Waals surface area contributed by atoms with Crippen LogP contribution in [0.4, 0.5) is 5.69 Å². The number of nitrogens with one attached hydrogen (secondary N) is 1. The first kappa shape index (κ1) is 14.7. The second-order valence-electron chi connectivity index (χ2n) is 4.19. The standard InChI is InChI=1S/C13H11ClN4O3/c1-7-2-4-9(12(15)16)13(17-7)21-11-6-8(14)3-5-10(11)18(19)20/h2-6H,1H3,(H3,15,16). The molecule has 0 saturated heterocycles. The van der Waals surface area contributed by atoms with Gasteiger partial charge in [0.1, 0.15) is 5.84 Å². The fourth-order valence-electron chi connectivity index (χ4n) is 1.64. The molecule has 0 aliphatic heterocycles. The van der Waals surface area contributed by atoms with Crippen LogP contribution in [0.25, 0.3) is 0 Å². The van der Waals surface area contributed by atoms with Gasteiger partial charge in [0.2, 0.25) is 11.6 Å². The summed E-state index contributed by atoms with van der Waals surface area (Å²) in [6.07, 6.45) is 0. The summed E-state index contributed by atoms with van der Waals surface area (Å²) in [5, 5.41) is 18.8. The van der Waals surface area contributed by atoms with Crippen LogP contribution >= 0.6 is 11.6 Å². The lowest BCUT2D eigenvalue weighted by molar-refractivity contribution is -0.385. The van der Waals surface area contributed by atoms with Crippen LogP contribution in [0, 0.1) is 22.4 Å². The zero-order chi connectivity index (χ0) is 15.6. The summed E-state index contributed by atoms with van der Waals surface area (Å²) in [6.45, 7) is 1.73. The Labute approximate surface area is 125 Å². The minimum Gasteiger partial charge on any atom is -0.431 e. The summed E-state index contributed by atoms with van der Waals surface area (Å²) < 4.78 is 5.47. The summed E-state index contributed by atoms with van der Waals surface area (Å²) >= 11 is 5.83. The molecule has 1 aromatic heterocycles. The molecule has 21 heavy (non-hydrogen) atoms. The number of amidine groups is 1. The van der Waals surface area contributed by atoms with Gasteiger partial charge in [-0.2, -0.15) is 0 Å². The third-order valence-corrected chi connectivity index (χ3v) is 2.85. The molecule has 0 radical (unpaired) electrons. The molecule has 7 nitrogen and oxygen atoms in total. The van der Waals surface area contributed by atoms with Gasteiger partial charge in [-0.1, -0.05) is 11.6 Å². The third-order valence-electron chi connectivity index (χ3n) is 2.61. The number of halogens is 1. The molecule has 0 saturated carbocycles. The number of pyridine rings is 1. The molecule has 2 rings (SSSR count). The average molecular weight is 307 g/mol. The number of nitrogens with two attached hydrogens (primary N) is 1. The molecule has 3 N–H and O–H groups in total. The third kappa shape index (κ3) is 3.26. The quantitative estimate of drug-likeness (QED) is 0.390. The Morgan fingerprint density at radius 1 is 1.43 bits per heavy atom. The number of aromatic nitrogens is 1. The highest BCUT2D eigenvalue weighted by atomic mass is 35.5. The number of benzene rings is 1. The van der Waals surface area contributed by atoms with Crippen molar-refractivity contribution >= 4 is 23.1 Å². The highest BCUT2D eigenvalue weighted by Gasteiger charge is 2.19. The molecule has 0 amide bonds. The summed E-state index contributed by atoms with van der Waals surface area (Å²) in [6, 6.07) is 7.17. The Bertz CT molecular complexity index is 672. The second kappa shape index (κ2) is 5.76. The van der Waals surface area contributed by atoms with Crippen molar-refractivity contribution in [3.63, 3.8) is 0 Å². The Kier molecular flexibility index (Phi) is 4.04. The largest absolute Gasteiger partial charge is 0.431 e. The Balaban J connectivity index is 2.52. The molecule has 2 aromatic rings. The van der Waals surface area contributed by atoms with Crippen LogP contribution in [0.2, 0.25) is 5.02 Å². The molecule has 0 aliphatic rings. The molecule has 8 heteroatoms. The molecule has 1 heterocycles. The Morgan fingerprint density at radius 3 is 2.76 bits per heavy atom. The van der Waals surface area contributed by atoms with E-state index in [1.807, 2.05) is 0 Å². The van der Waals surface area contributed by atoms with Gasteiger partial charge in [-0.25, -0.2) is 4.98 Å². The first-order chi connectivity index (χ1) is 9.88. The van der Waals surface area contributed by atoms with Crippen molar-refractivity contribution in [2.24, 2.45) is 5.73 Å². The lowest BCUT2D eigenvalue weighted by Gasteiger charge is -2.10. The van der Waals surface area contributed by atoms with Gasteiger partial charge in [0.05, 0.1) is 10.5 Å². The van der Waals surface area contributed by atoms with E-state index in [1.54, 1.807) is 19.1 Å². The summed E-state index contributed by atoms with van der Waals surface area (Å²) in [5.41, 5.74) is 6.07. The number of nitrogen functional groups attached to an aromatic ring is 1. The van der Waals surface area contributed by atoms with Crippen LogP contribution in [0.3, 0.4) is 0 Å². The predicted molar refractivity (Wildman–Crippen MR) is 78.2 cm³/mol. The fraction of sp³-hybridized carbons (Fsp3) is 0.0769. The van der Waals surface area contributed by atoms with Gasteiger partial charge in [-0.15, -0.1) is 0 Å². The van der Waals surface area contributed by atoms with E-state index in [0.717, 1.165) is 0 Å². The highest BCUT2D eigenvalue weighted by molar-refractivity contribution is 6.30. The number of nitro benzene ring substituents is 1. The lowest BCUT2D eigenvalue weighted by atomic mass is 10.2. The Morgan fingerprint density at radius 2 is 2.14 bits per heavy atom. The van der Waals surface area contributed by atoms with Crippen molar-refractivity contribution in [3.8, 4) is 11.6 Å². The Hall–Kier alpha value is -2.67. The van der Waals surface area contributed by atoms with Crippen molar-refractivity contribution in [2.75, 3.05) is 0 Å². The van der Waals surface area contributed by atoms with Crippen molar-refractivity contribution in [1.82, 2.24) is 4.98 Å². The summed E-state index contributed by atoms with van der Waals surface area (Å²) in [7, 11) is 0. The summed E-state index contributed by atoms with van der Waals surface area (Å²) in [5.74, 6) is -0.289. The number of ether oxygens (including phenoxy) is 1. The zero-order valence-electron chi connectivity index (χ0n) is 11.0. The second-order valence-corrected chi connectivity index (χ2v) is 4.63. The van der Waals surface area contributed by atoms with Gasteiger partial charge in [0, 0.05) is 22.8 Å². The monoisotopic (exact) mass is 306 g/mol. The van der Waals surface area contributed by atoms with Gasteiger partial charge in [0.25, 0.3) is 0 Å². The lowest BCUT2D eigenvalue weighted by Crippen LogP contribution is -2.13. The SMILES string of the molecule is Cc1ccc(C(=N)N)c(Oc2cc(Cl)ccc2[N+](=O)[O-])n1. The average Bonchev–Trinajstić information content (AvgIpc) is 2.38. The maximum Gasteiger partial charge on any atom is 0.311 e. The molecule has 0 aliphatic carbocycles. The molecule has 0 spiro atoms. The van der Waals surface area contributed by atoms with Crippen molar-refractivity contribution in [1.29, 1.82) is 5.41 Å². The number of nitro groups is 1. The molecule has 0 fully saturated rings. The van der Waals surface area contributed by atoms with Gasteiger partial charge in [-0.05, 0) is 25.1 Å². The molecule has 108 valence electrons. The van der Waals surface area contributed by atoms with Crippen LogP contribution in [0.15, 0.2) is 30.3 Å². The van der Waals surface area contributed by atoms with Crippen molar-refractivity contribution in [3.05, 3.63) is 56.7 Å².